The van der Waals surface area contributed by atoms with Crippen molar-refractivity contribution in [2.45, 2.75) is 18.9 Å². The molecule has 1 saturated heterocycles. The van der Waals surface area contributed by atoms with Gasteiger partial charge >= 0.3 is 0 Å². The summed E-state index contributed by atoms with van der Waals surface area (Å²) in [7, 11) is 0. The molecule has 4 aromatic heterocycles. The molecule has 5 heterocycles. The number of nitrogens with one attached hydrogen (secondary N) is 1. The first-order chi connectivity index (χ1) is 14.2. The van der Waals surface area contributed by atoms with E-state index in [1.165, 1.54) is 0 Å². The maximum Gasteiger partial charge on any atom is 0.186 e. The Balaban J connectivity index is 1.41. The predicted molar refractivity (Wildman–Crippen MR) is 115 cm³/mol. The summed E-state index contributed by atoms with van der Waals surface area (Å²) in [5.41, 5.74) is 2.58. The van der Waals surface area contributed by atoms with Crippen molar-refractivity contribution in [3.05, 3.63) is 41.0 Å². The Morgan fingerprint density at radius 3 is 3.10 bits per heavy atom. The fraction of sp³-hybridized carbons (Fsp3) is 0.316. The van der Waals surface area contributed by atoms with Gasteiger partial charge in [0, 0.05) is 42.4 Å². The summed E-state index contributed by atoms with van der Waals surface area (Å²) in [6, 6.07) is 4.33. The van der Waals surface area contributed by atoms with Crippen molar-refractivity contribution in [2.75, 3.05) is 18.0 Å². The quantitative estimate of drug-likeness (QED) is 0.474. The van der Waals surface area contributed by atoms with Gasteiger partial charge in [-0.05, 0) is 28.4 Å². The van der Waals surface area contributed by atoms with Crippen LogP contribution in [0.5, 0.6) is 0 Å². The van der Waals surface area contributed by atoms with Crippen LogP contribution in [0, 0.1) is 17.2 Å². The summed E-state index contributed by atoms with van der Waals surface area (Å²) < 4.78 is 2.97. The molecule has 1 fully saturated rings. The standard InChI is InChI=1S/C19H17BrN8S/c20-16-8-23-19(29-16)27-6-3-12(9-27)15(1-4-21)28-10-13(7-26-28)17-14-2-5-22-18(14)25-11-24-17/h2,5,7-8,10-12,15H,1,3,6,9H2,(H,22,24,25)/t12-,15?/m0/s1. The third-order valence-electron chi connectivity index (χ3n) is 5.37. The summed E-state index contributed by atoms with van der Waals surface area (Å²) in [6.07, 6.45) is 10.5. The Morgan fingerprint density at radius 2 is 2.28 bits per heavy atom. The minimum atomic E-state index is 0.0192. The zero-order valence-electron chi connectivity index (χ0n) is 15.4. The first-order valence-corrected chi connectivity index (χ1v) is 10.9. The fourth-order valence-electron chi connectivity index (χ4n) is 3.98. The van der Waals surface area contributed by atoms with Gasteiger partial charge in [0.1, 0.15) is 12.0 Å². The Morgan fingerprint density at radius 1 is 1.34 bits per heavy atom. The van der Waals surface area contributed by atoms with Gasteiger partial charge < -0.3 is 9.88 Å². The maximum absolute atomic E-state index is 9.44. The molecule has 2 atom stereocenters. The first-order valence-electron chi connectivity index (χ1n) is 9.29. The van der Waals surface area contributed by atoms with Crippen molar-refractivity contribution in [2.24, 2.45) is 5.92 Å². The first kappa shape index (κ1) is 18.3. The van der Waals surface area contributed by atoms with Crippen molar-refractivity contribution in [3.63, 3.8) is 0 Å². The minimum absolute atomic E-state index is 0.0192. The summed E-state index contributed by atoms with van der Waals surface area (Å²) in [6.45, 7) is 1.81. The molecule has 0 amide bonds. The number of halogens is 1. The Bertz CT molecular complexity index is 1190. The van der Waals surface area contributed by atoms with E-state index in [4.69, 9.17) is 0 Å². The number of nitrogens with zero attached hydrogens (tertiary/aromatic N) is 7. The zero-order valence-corrected chi connectivity index (χ0v) is 17.8. The lowest BCUT2D eigenvalue weighted by Crippen LogP contribution is -2.24. The second-order valence-electron chi connectivity index (χ2n) is 7.04. The van der Waals surface area contributed by atoms with E-state index >= 15 is 0 Å². The van der Waals surface area contributed by atoms with Gasteiger partial charge in [-0.3, -0.25) is 4.68 Å². The minimum Gasteiger partial charge on any atom is -0.348 e. The molecule has 4 aromatic rings. The summed E-state index contributed by atoms with van der Waals surface area (Å²) in [5.74, 6) is 0.336. The number of hydrogen-bond donors (Lipinski definition) is 1. The molecule has 0 bridgehead atoms. The van der Waals surface area contributed by atoms with Crippen LogP contribution in [0.1, 0.15) is 18.9 Å². The largest absolute Gasteiger partial charge is 0.348 e. The van der Waals surface area contributed by atoms with Crippen LogP contribution in [-0.4, -0.2) is 42.8 Å². The molecule has 0 aliphatic carbocycles. The Hall–Kier alpha value is -2.77. The van der Waals surface area contributed by atoms with Gasteiger partial charge in [-0.25, -0.2) is 15.0 Å². The monoisotopic (exact) mass is 468 g/mol. The number of rotatable bonds is 5. The highest BCUT2D eigenvalue weighted by atomic mass is 79.9. The van der Waals surface area contributed by atoms with Crippen LogP contribution in [0.15, 0.2) is 41.0 Å². The summed E-state index contributed by atoms with van der Waals surface area (Å²) >= 11 is 5.12. The number of H-pyrrole nitrogens is 1. The molecule has 0 aromatic carbocycles. The number of fused-ring (bicyclic) bond motifs is 1. The number of hydrogen-bond acceptors (Lipinski definition) is 7. The molecule has 0 spiro atoms. The number of anilines is 1. The van der Waals surface area contributed by atoms with Crippen molar-refractivity contribution in [3.8, 4) is 17.3 Å². The van der Waals surface area contributed by atoms with Crippen LogP contribution in [0.2, 0.25) is 0 Å². The van der Waals surface area contributed by atoms with Crippen molar-refractivity contribution in [1.29, 1.82) is 5.26 Å². The molecule has 146 valence electrons. The molecule has 1 unspecified atom stereocenters. The lowest BCUT2D eigenvalue weighted by Gasteiger charge is -2.22. The molecular weight excluding hydrogens is 452 g/mol. The second kappa shape index (κ2) is 7.57. The van der Waals surface area contributed by atoms with E-state index < -0.39 is 0 Å². The van der Waals surface area contributed by atoms with E-state index in [2.05, 4.69) is 51.9 Å². The number of aromatic amines is 1. The maximum atomic E-state index is 9.44. The van der Waals surface area contributed by atoms with Crippen LogP contribution in [0.4, 0.5) is 5.13 Å². The normalized spacial score (nSPS) is 17.7. The summed E-state index contributed by atoms with van der Waals surface area (Å²) in [4.78, 5) is 18.6. The molecule has 1 aliphatic heterocycles. The molecule has 10 heteroatoms. The number of thiazole rings is 1. The lowest BCUT2D eigenvalue weighted by molar-refractivity contribution is 0.332. The predicted octanol–water partition coefficient (Wildman–Crippen LogP) is 4.02. The second-order valence-corrected chi connectivity index (χ2v) is 9.43. The van der Waals surface area contributed by atoms with Gasteiger partial charge in [0.05, 0.1) is 40.4 Å². The van der Waals surface area contributed by atoms with E-state index in [1.54, 1.807) is 17.7 Å². The molecule has 1 aliphatic rings. The average Bonchev–Trinajstić information content (AvgIpc) is 3.52. The third-order valence-corrected chi connectivity index (χ3v) is 6.91. The Kier molecular flexibility index (Phi) is 4.77. The molecule has 5 rings (SSSR count). The molecule has 1 N–H and O–H groups in total. The van der Waals surface area contributed by atoms with Crippen LogP contribution in [0.25, 0.3) is 22.3 Å². The highest BCUT2D eigenvalue weighted by Gasteiger charge is 2.32. The van der Waals surface area contributed by atoms with Crippen molar-refractivity contribution >= 4 is 43.4 Å². The van der Waals surface area contributed by atoms with E-state index in [0.29, 0.717) is 12.3 Å². The SMILES string of the molecule is N#CCC([C@H]1CCN(c2ncc(Br)s2)C1)n1cc(-c2ncnc3[nH]ccc23)cn1. The van der Waals surface area contributed by atoms with Crippen LogP contribution in [-0.2, 0) is 0 Å². The van der Waals surface area contributed by atoms with Gasteiger partial charge in [0.15, 0.2) is 5.13 Å². The van der Waals surface area contributed by atoms with E-state index in [1.807, 2.05) is 35.5 Å². The van der Waals surface area contributed by atoms with Gasteiger partial charge in [-0.2, -0.15) is 10.4 Å². The van der Waals surface area contributed by atoms with E-state index in [0.717, 1.165) is 50.7 Å². The van der Waals surface area contributed by atoms with Gasteiger partial charge in [0.25, 0.3) is 0 Å². The van der Waals surface area contributed by atoms with E-state index in [9.17, 15) is 5.26 Å². The molecular formula is C19H17BrN8S. The lowest BCUT2D eigenvalue weighted by atomic mass is 9.96. The molecule has 8 nitrogen and oxygen atoms in total. The topological polar surface area (TPSA) is 99.3 Å². The van der Waals surface area contributed by atoms with Crippen LogP contribution < -0.4 is 4.90 Å². The number of nitriles is 1. The highest BCUT2D eigenvalue weighted by Crippen LogP contribution is 2.36. The third kappa shape index (κ3) is 3.41. The fourth-order valence-corrected chi connectivity index (χ4v) is 5.20. The molecule has 0 radical (unpaired) electrons. The van der Waals surface area contributed by atoms with Crippen LogP contribution in [0.3, 0.4) is 0 Å². The van der Waals surface area contributed by atoms with Gasteiger partial charge in [0.2, 0.25) is 0 Å². The van der Waals surface area contributed by atoms with Gasteiger partial charge in [-0.1, -0.05) is 11.3 Å². The average molecular weight is 469 g/mol. The van der Waals surface area contributed by atoms with Crippen LogP contribution >= 0.6 is 27.3 Å². The molecule has 0 saturated carbocycles. The van der Waals surface area contributed by atoms with Crippen molar-refractivity contribution in [1.82, 2.24) is 29.7 Å². The highest BCUT2D eigenvalue weighted by molar-refractivity contribution is 9.11. The summed E-state index contributed by atoms with van der Waals surface area (Å²) in [5, 5.41) is 16.0. The zero-order chi connectivity index (χ0) is 19.8. The molecule has 29 heavy (non-hydrogen) atoms. The Labute approximate surface area is 179 Å². The van der Waals surface area contributed by atoms with Crippen molar-refractivity contribution < 1.29 is 0 Å². The van der Waals surface area contributed by atoms with Gasteiger partial charge in [-0.15, -0.1) is 0 Å². The number of aromatic nitrogens is 6. The smallest absolute Gasteiger partial charge is 0.186 e. The van der Waals surface area contributed by atoms with E-state index in [-0.39, 0.29) is 6.04 Å².